The van der Waals surface area contributed by atoms with Crippen molar-refractivity contribution >= 4 is 22.3 Å². The lowest BCUT2D eigenvalue weighted by Gasteiger charge is -2.26. The van der Waals surface area contributed by atoms with Crippen molar-refractivity contribution in [3.63, 3.8) is 0 Å². The number of hydrogen-bond donors (Lipinski definition) is 0. The number of carbonyl (C=O) groups excluding carboxylic acids is 2. The molecule has 3 aromatic carbocycles. The van der Waals surface area contributed by atoms with Crippen LogP contribution in [-0.4, -0.2) is 87.1 Å². The highest BCUT2D eigenvalue weighted by Gasteiger charge is 2.25. The van der Waals surface area contributed by atoms with E-state index in [9.17, 15) is 9.59 Å². The molecule has 0 saturated carbocycles. The monoisotopic (exact) mass is 512 g/mol. The molecule has 2 fully saturated rings. The second-order valence-corrected chi connectivity index (χ2v) is 10.6. The van der Waals surface area contributed by atoms with Gasteiger partial charge in [0.2, 0.25) is 0 Å². The highest BCUT2D eigenvalue weighted by Crippen LogP contribution is 2.48. The van der Waals surface area contributed by atoms with Gasteiger partial charge >= 0.3 is 0 Å². The Bertz CT molecular complexity index is 1340. The summed E-state index contributed by atoms with van der Waals surface area (Å²) in [4.78, 5) is 31.1. The second kappa shape index (κ2) is 11.5. The van der Waals surface area contributed by atoms with Gasteiger partial charge in [-0.3, -0.25) is 19.4 Å². The average Bonchev–Trinajstić information content (AvgIpc) is 3.29. The molecule has 0 radical (unpaired) electrons. The van der Waals surface area contributed by atoms with Crippen LogP contribution in [-0.2, 0) is 9.47 Å². The van der Waals surface area contributed by atoms with Crippen LogP contribution >= 0.6 is 0 Å². The molecule has 2 saturated heterocycles. The second-order valence-electron chi connectivity index (χ2n) is 10.6. The lowest BCUT2D eigenvalue weighted by atomic mass is 9.94. The smallest absolute Gasteiger partial charge is 0.163 e. The van der Waals surface area contributed by atoms with Gasteiger partial charge in [-0.25, -0.2) is 0 Å². The Morgan fingerprint density at radius 1 is 0.658 bits per heavy atom. The van der Waals surface area contributed by atoms with Gasteiger partial charge in [-0.2, -0.15) is 0 Å². The number of ether oxygens (including phenoxy) is 2. The van der Waals surface area contributed by atoms with Crippen molar-refractivity contribution in [1.82, 2.24) is 9.80 Å². The largest absolute Gasteiger partial charge is 0.379 e. The highest BCUT2D eigenvalue weighted by atomic mass is 16.5. The number of benzene rings is 3. The maximum atomic E-state index is 13.3. The van der Waals surface area contributed by atoms with Crippen LogP contribution in [0.2, 0.25) is 0 Å². The van der Waals surface area contributed by atoms with Gasteiger partial charge in [0.05, 0.1) is 26.4 Å². The van der Waals surface area contributed by atoms with E-state index in [4.69, 9.17) is 9.47 Å². The van der Waals surface area contributed by atoms with Gasteiger partial charge in [-0.15, -0.1) is 0 Å². The topological polar surface area (TPSA) is 59.1 Å². The third kappa shape index (κ3) is 5.19. The number of rotatable bonds is 10. The van der Waals surface area contributed by atoms with Gasteiger partial charge in [-0.05, 0) is 65.0 Å². The van der Waals surface area contributed by atoms with Crippen molar-refractivity contribution in [2.75, 3.05) is 65.7 Å². The summed E-state index contributed by atoms with van der Waals surface area (Å²) in [7, 11) is 0. The molecule has 6 heteroatoms. The van der Waals surface area contributed by atoms with Crippen LogP contribution in [0.1, 0.15) is 46.4 Å². The SMILES string of the molecule is O=C(CCCN1CCOCC1)c1ccc2c(c1)-c1ccc(C(=O)CCCN3CCOCC3)c3cccc-2c13. The fraction of sp³-hybridized carbons (Fsp3) is 0.438. The normalized spacial score (nSPS) is 17.6. The first-order valence-electron chi connectivity index (χ1n) is 14.1. The molecule has 2 aliphatic heterocycles. The van der Waals surface area contributed by atoms with Crippen LogP contribution in [0.4, 0.5) is 0 Å². The summed E-state index contributed by atoms with van der Waals surface area (Å²) in [6.07, 6.45) is 2.82. The third-order valence-electron chi connectivity index (χ3n) is 8.23. The zero-order chi connectivity index (χ0) is 25.9. The predicted molar refractivity (Wildman–Crippen MR) is 150 cm³/mol. The summed E-state index contributed by atoms with van der Waals surface area (Å²) in [5.41, 5.74) is 6.10. The van der Waals surface area contributed by atoms with E-state index in [1.54, 1.807) is 0 Å². The van der Waals surface area contributed by atoms with Crippen molar-refractivity contribution in [3.8, 4) is 22.3 Å². The number of Topliss-reactive ketones (excluding diaryl/α,β-unsaturated/α-hetero) is 2. The van der Waals surface area contributed by atoms with Crippen LogP contribution in [0.5, 0.6) is 0 Å². The minimum Gasteiger partial charge on any atom is -0.379 e. The Labute approximate surface area is 224 Å². The van der Waals surface area contributed by atoms with Gasteiger partial charge in [0.1, 0.15) is 0 Å². The summed E-state index contributed by atoms with van der Waals surface area (Å²) < 4.78 is 10.8. The molecule has 198 valence electrons. The van der Waals surface area contributed by atoms with Crippen LogP contribution in [0.15, 0.2) is 48.5 Å². The average molecular weight is 513 g/mol. The van der Waals surface area contributed by atoms with Crippen molar-refractivity contribution in [2.45, 2.75) is 25.7 Å². The molecular weight excluding hydrogens is 476 g/mol. The Kier molecular flexibility index (Phi) is 7.65. The van der Waals surface area contributed by atoms with E-state index in [-0.39, 0.29) is 11.6 Å². The van der Waals surface area contributed by atoms with Crippen molar-refractivity contribution in [2.24, 2.45) is 0 Å². The van der Waals surface area contributed by atoms with E-state index < -0.39 is 0 Å². The number of fused-ring (bicyclic) bond motifs is 3. The first-order valence-corrected chi connectivity index (χ1v) is 14.1. The Hall–Kier alpha value is -2.90. The molecular formula is C32H36N2O4. The highest BCUT2D eigenvalue weighted by molar-refractivity contribution is 6.21. The summed E-state index contributed by atoms with van der Waals surface area (Å²) in [6.45, 7) is 8.81. The molecule has 0 N–H and O–H groups in total. The van der Waals surface area contributed by atoms with Crippen molar-refractivity contribution < 1.29 is 19.1 Å². The van der Waals surface area contributed by atoms with E-state index in [0.717, 1.165) is 123 Å². The molecule has 2 heterocycles. The minimum atomic E-state index is 0.195. The molecule has 3 aromatic rings. The molecule has 6 rings (SSSR count). The Morgan fingerprint density at radius 2 is 1.26 bits per heavy atom. The summed E-state index contributed by atoms with van der Waals surface area (Å²) in [5, 5.41) is 2.16. The molecule has 0 spiro atoms. The number of nitrogens with zero attached hydrogens (tertiary/aromatic N) is 2. The fourth-order valence-corrected chi connectivity index (χ4v) is 6.13. The lowest BCUT2D eigenvalue weighted by Crippen LogP contribution is -2.36. The molecule has 38 heavy (non-hydrogen) atoms. The van der Waals surface area contributed by atoms with E-state index >= 15 is 0 Å². The molecule has 6 nitrogen and oxygen atoms in total. The van der Waals surface area contributed by atoms with E-state index in [0.29, 0.717) is 12.8 Å². The first kappa shape index (κ1) is 25.4. The number of ketones is 2. The molecule has 3 aliphatic rings. The van der Waals surface area contributed by atoms with Crippen molar-refractivity contribution in [1.29, 1.82) is 0 Å². The summed E-state index contributed by atoms with van der Waals surface area (Å²) in [5.74, 6) is 0.398. The summed E-state index contributed by atoms with van der Waals surface area (Å²) in [6, 6.07) is 16.4. The van der Waals surface area contributed by atoms with Crippen LogP contribution in [0.25, 0.3) is 33.0 Å². The van der Waals surface area contributed by atoms with E-state index in [2.05, 4.69) is 40.1 Å². The van der Waals surface area contributed by atoms with E-state index in [1.165, 1.54) is 0 Å². The quantitative estimate of drug-likeness (QED) is 0.276. The molecule has 0 amide bonds. The summed E-state index contributed by atoms with van der Waals surface area (Å²) >= 11 is 0. The van der Waals surface area contributed by atoms with Crippen LogP contribution in [0.3, 0.4) is 0 Å². The Morgan fingerprint density at radius 3 is 1.95 bits per heavy atom. The number of hydrogen-bond acceptors (Lipinski definition) is 6. The Balaban J connectivity index is 1.17. The molecule has 1 aliphatic carbocycles. The first-order chi connectivity index (χ1) is 18.7. The van der Waals surface area contributed by atoms with Crippen LogP contribution in [0, 0.1) is 0 Å². The maximum absolute atomic E-state index is 13.3. The standard InChI is InChI=1S/C32H36N2O4/c35-30(6-2-12-33-14-18-37-19-15-33)23-8-9-24-26-4-1-5-27-25(10-11-28(32(26)27)29(24)22-23)31(36)7-3-13-34-16-20-38-21-17-34/h1,4-5,8-11,22H,2-3,6-7,12-21H2. The van der Waals surface area contributed by atoms with Gasteiger partial charge in [0, 0.05) is 50.1 Å². The molecule has 0 aromatic heterocycles. The van der Waals surface area contributed by atoms with Gasteiger partial charge in [0.15, 0.2) is 11.6 Å². The number of carbonyl (C=O) groups is 2. The minimum absolute atomic E-state index is 0.195. The lowest BCUT2D eigenvalue weighted by molar-refractivity contribution is 0.0370. The number of morpholine rings is 2. The fourth-order valence-electron chi connectivity index (χ4n) is 6.13. The molecule has 0 atom stereocenters. The maximum Gasteiger partial charge on any atom is 0.163 e. The zero-order valence-corrected chi connectivity index (χ0v) is 22.0. The van der Waals surface area contributed by atoms with Gasteiger partial charge < -0.3 is 9.47 Å². The van der Waals surface area contributed by atoms with E-state index in [1.807, 2.05) is 18.2 Å². The van der Waals surface area contributed by atoms with Gasteiger partial charge in [-0.1, -0.05) is 42.5 Å². The predicted octanol–water partition coefficient (Wildman–Crippen LogP) is 5.08. The van der Waals surface area contributed by atoms with Crippen molar-refractivity contribution in [3.05, 3.63) is 59.7 Å². The zero-order valence-electron chi connectivity index (χ0n) is 22.0. The third-order valence-corrected chi connectivity index (χ3v) is 8.23. The molecule has 0 bridgehead atoms. The van der Waals surface area contributed by atoms with Crippen LogP contribution < -0.4 is 0 Å². The molecule has 0 unspecified atom stereocenters. The van der Waals surface area contributed by atoms with Gasteiger partial charge in [0.25, 0.3) is 0 Å².